The van der Waals surface area contributed by atoms with E-state index in [0.717, 1.165) is 6.07 Å². The Morgan fingerprint density at radius 3 is 2.36 bits per heavy atom. The minimum Gasteiger partial charge on any atom is -0.480 e. The molecule has 120 valence electrons. The van der Waals surface area contributed by atoms with E-state index in [0.29, 0.717) is 12.1 Å². The molecule has 0 aliphatic carbocycles. The third-order valence-corrected chi connectivity index (χ3v) is 2.46. The van der Waals surface area contributed by atoms with Gasteiger partial charge in [-0.1, -0.05) is 0 Å². The number of carboxylic acid groups (broad SMARTS) is 1. The van der Waals surface area contributed by atoms with Crippen LogP contribution in [0.15, 0.2) is 18.2 Å². The topological polar surface area (TPSA) is 101 Å². The Kier molecular flexibility index (Phi) is 5.02. The molecule has 0 radical (unpaired) electrons. The van der Waals surface area contributed by atoms with Gasteiger partial charge in [0.1, 0.15) is 12.4 Å². The first-order chi connectivity index (χ1) is 10.0. The van der Waals surface area contributed by atoms with Gasteiger partial charge in [0.25, 0.3) is 5.69 Å². The molecule has 22 heavy (non-hydrogen) atoms. The molecule has 0 fully saturated rings. The summed E-state index contributed by atoms with van der Waals surface area (Å²) in [5, 5.41) is 19.3. The summed E-state index contributed by atoms with van der Waals surface area (Å²) in [6.45, 7) is -2.41. The summed E-state index contributed by atoms with van der Waals surface area (Å²) < 4.78 is 50.3. The van der Waals surface area contributed by atoms with E-state index in [1.165, 1.54) is 0 Å². The van der Waals surface area contributed by atoms with Crippen molar-refractivity contribution in [1.82, 2.24) is 4.90 Å². The molecular formula is C11H8F4N2O5. The van der Waals surface area contributed by atoms with Gasteiger partial charge in [0, 0.05) is 6.07 Å². The maximum atomic E-state index is 13.1. The van der Waals surface area contributed by atoms with Crippen LogP contribution in [0.2, 0.25) is 0 Å². The van der Waals surface area contributed by atoms with Gasteiger partial charge >= 0.3 is 18.1 Å². The van der Waals surface area contributed by atoms with Crippen molar-refractivity contribution in [2.75, 3.05) is 6.54 Å². The van der Waals surface area contributed by atoms with Crippen molar-refractivity contribution in [3.05, 3.63) is 39.7 Å². The Balaban J connectivity index is 3.19. The molecule has 1 aromatic rings. The fourth-order valence-electron chi connectivity index (χ4n) is 1.61. The Morgan fingerprint density at radius 1 is 1.32 bits per heavy atom. The Labute approximate surface area is 119 Å². The average Bonchev–Trinajstić information content (AvgIpc) is 2.35. The van der Waals surface area contributed by atoms with Crippen LogP contribution in [0.3, 0.4) is 0 Å². The second-order valence-corrected chi connectivity index (χ2v) is 4.08. The van der Waals surface area contributed by atoms with Crippen molar-refractivity contribution < 1.29 is 37.2 Å². The summed E-state index contributed by atoms with van der Waals surface area (Å²) in [5.74, 6) is -5.22. The van der Waals surface area contributed by atoms with Gasteiger partial charge in [-0.3, -0.25) is 19.7 Å². The standard InChI is InChI=1S/C11H8F4N2O5/c12-7-1-2-8(17(21)22)6(3-7)4-16(5-9(18)19)10(20)11(13,14)15/h1-3H,4-5H2,(H,18,19). The minimum atomic E-state index is -5.36. The summed E-state index contributed by atoms with van der Waals surface area (Å²) in [5.41, 5.74) is -1.28. The van der Waals surface area contributed by atoms with Gasteiger partial charge < -0.3 is 10.0 Å². The molecule has 0 bridgehead atoms. The van der Waals surface area contributed by atoms with Gasteiger partial charge in [-0.05, 0) is 12.1 Å². The molecule has 0 unspecified atom stereocenters. The lowest BCUT2D eigenvalue weighted by Gasteiger charge is -2.21. The maximum Gasteiger partial charge on any atom is 0.471 e. The number of nitro groups is 1. The SMILES string of the molecule is O=C(O)CN(Cc1cc(F)ccc1[N+](=O)[O-])C(=O)C(F)(F)F. The first-order valence-corrected chi connectivity index (χ1v) is 5.53. The molecule has 0 atom stereocenters. The molecule has 0 spiro atoms. The second-order valence-electron chi connectivity index (χ2n) is 4.08. The molecule has 1 N–H and O–H groups in total. The molecule has 11 heteroatoms. The highest BCUT2D eigenvalue weighted by Crippen LogP contribution is 2.24. The van der Waals surface area contributed by atoms with Crippen molar-refractivity contribution in [3.8, 4) is 0 Å². The monoisotopic (exact) mass is 324 g/mol. The summed E-state index contributed by atoms with van der Waals surface area (Å²) in [7, 11) is 0. The lowest BCUT2D eigenvalue weighted by atomic mass is 10.1. The smallest absolute Gasteiger partial charge is 0.471 e. The zero-order chi connectivity index (χ0) is 17.1. The van der Waals surface area contributed by atoms with Crippen molar-refractivity contribution in [3.63, 3.8) is 0 Å². The molecule has 0 aliphatic rings. The summed E-state index contributed by atoms with van der Waals surface area (Å²) in [4.78, 5) is 31.3. The second kappa shape index (κ2) is 6.37. The quantitative estimate of drug-likeness (QED) is 0.505. The molecular weight excluding hydrogens is 316 g/mol. The van der Waals surface area contributed by atoms with Crippen LogP contribution in [0.5, 0.6) is 0 Å². The van der Waals surface area contributed by atoms with Crippen LogP contribution in [-0.4, -0.2) is 39.5 Å². The molecule has 7 nitrogen and oxygen atoms in total. The van der Waals surface area contributed by atoms with Crippen LogP contribution in [0.4, 0.5) is 23.2 Å². The van der Waals surface area contributed by atoms with Crippen LogP contribution in [0.25, 0.3) is 0 Å². The molecule has 0 saturated heterocycles. The minimum absolute atomic E-state index is 0.163. The van der Waals surface area contributed by atoms with Crippen molar-refractivity contribution in [1.29, 1.82) is 0 Å². The number of benzene rings is 1. The predicted molar refractivity (Wildman–Crippen MR) is 62.2 cm³/mol. The first-order valence-electron chi connectivity index (χ1n) is 5.53. The van der Waals surface area contributed by atoms with Gasteiger partial charge in [0.05, 0.1) is 17.0 Å². The normalized spacial score (nSPS) is 11.1. The lowest BCUT2D eigenvalue weighted by molar-refractivity contribution is -0.385. The maximum absolute atomic E-state index is 13.1. The van der Waals surface area contributed by atoms with Gasteiger partial charge in [-0.15, -0.1) is 0 Å². The zero-order valence-corrected chi connectivity index (χ0v) is 10.6. The van der Waals surface area contributed by atoms with E-state index >= 15 is 0 Å². The third kappa shape index (κ3) is 4.40. The van der Waals surface area contributed by atoms with Crippen LogP contribution in [0, 0.1) is 15.9 Å². The van der Waals surface area contributed by atoms with Crippen LogP contribution in [-0.2, 0) is 16.1 Å². The van der Waals surface area contributed by atoms with E-state index in [4.69, 9.17) is 5.11 Å². The Morgan fingerprint density at radius 2 is 1.91 bits per heavy atom. The van der Waals surface area contributed by atoms with E-state index in [2.05, 4.69) is 0 Å². The number of carbonyl (C=O) groups excluding carboxylic acids is 1. The molecule has 0 aliphatic heterocycles. The Hall–Kier alpha value is -2.72. The summed E-state index contributed by atoms with van der Waals surface area (Å²) in [6, 6.07) is 1.99. The van der Waals surface area contributed by atoms with Gasteiger partial charge in [-0.2, -0.15) is 13.2 Å². The van der Waals surface area contributed by atoms with Crippen molar-refractivity contribution >= 4 is 17.6 Å². The summed E-state index contributed by atoms with van der Waals surface area (Å²) >= 11 is 0. The molecule has 0 heterocycles. The highest BCUT2D eigenvalue weighted by atomic mass is 19.4. The number of alkyl halides is 3. The lowest BCUT2D eigenvalue weighted by Crippen LogP contribution is -2.43. The number of halogens is 4. The number of hydrogen-bond donors (Lipinski definition) is 1. The molecule has 1 rings (SSSR count). The van der Waals surface area contributed by atoms with Crippen molar-refractivity contribution in [2.24, 2.45) is 0 Å². The van der Waals surface area contributed by atoms with Crippen LogP contribution >= 0.6 is 0 Å². The average molecular weight is 324 g/mol. The molecule has 1 aromatic carbocycles. The highest BCUT2D eigenvalue weighted by Gasteiger charge is 2.43. The fourth-order valence-corrected chi connectivity index (χ4v) is 1.61. The van der Waals surface area contributed by atoms with Gasteiger partial charge in [-0.25, -0.2) is 4.39 Å². The Bertz CT molecular complexity index is 617. The zero-order valence-electron chi connectivity index (χ0n) is 10.6. The van der Waals surface area contributed by atoms with E-state index in [9.17, 15) is 37.3 Å². The molecule has 0 saturated carbocycles. The molecule has 0 aromatic heterocycles. The highest BCUT2D eigenvalue weighted by molar-refractivity contribution is 5.85. The van der Waals surface area contributed by atoms with Crippen LogP contribution < -0.4 is 0 Å². The van der Waals surface area contributed by atoms with E-state index in [1.54, 1.807) is 0 Å². The predicted octanol–water partition coefficient (Wildman–Crippen LogP) is 1.71. The third-order valence-electron chi connectivity index (χ3n) is 2.46. The largest absolute Gasteiger partial charge is 0.480 e. The number of rotatable bonds is 5. The summed E-state index contributed by atoms with van der Waals surface area (Å²) in [6.07, 6.45) is -5.36. The van der Waals surface area contributed by atoms with Gasteiger partial charge in [0.15, 0.2) is 0 Å². The first kappa shape index (κ1) is 17.3. The van der Waals surface area contributed by atoms with Crippen LogP contribution in [0.1, 0.15) is 5.56 Å². The number of nitrogens with zero attached hydrogens (tertiary/aromatic N) is 2. The molecule has 1 amide bonds. The van der Waals surface area contributed by atoms with E-state index in [1.807, 2.05) is 0 Å². The van der Waals surface area contributed by atoms with Crippen molar-refractivity contribution in [2.45, 2.75) is 12.7 Å². The van der Waals surface area contributed by atoms with Gasteiger partial charge in [0.2, 0.25) is 0 Å². The number of amides is 1. The number of hydrogen-bond acceptors (Lipinski definition) is 4. The number of aliphatic carboxylic acids is 1. The van der Waals surface area contributed by atoms with E-state index < -0.39 is 53.1 Å². The fraction of sp³-hybridized carbons (Fsp3) is 0.273. The van der Waals surface area contributed by atoms with E-state index in [-0.39, 0.29) is 4.90 Å². The number of carbonyl (C=O) groups is 2. The number of nitro benzene ring substituents is 1. The number of carboxylic acids is 1.